The number of aromatic amines is 1. The van der Waals surface area contributed by atoms with E-state index in [1.807, 2.05) is 17.8 Å². The molecule has 86 valence electrons. The molecular formula is C10H15N5S. The lowest BCUT2D eigenvalue weighted by atomic mass is 10.2. The maximum Gasteiger partial charge on any atom is 0.195 e. The van der Waals surface area contributed by atoms with Crippen LogP contribution in [-0.2, 0) is 13.6 Å². The Kier molecular flexibility index (Phi) is 2.91. The second-order valence-corrected chi connectivity index (χ2v) is 4.65. The lowest BCUT2D eigenvalue weighted by Crippen LogP contribution is -2.06. The molecule has 0 aliphatic carbocycles. The number of rotatable bonds is 3. The van der Waals surface area contributed by atoms with E-state index in [9.17, 15) is 0 Å². The lowest BCUT2D eigenvalue weighted by Gasteiger charge is -2.07. The molecule has 6 heteroatoms. The summed E-state index contributed by atoms with van der Waals surface area (Å²) in [5, 5.41) is 11.2. The van der Waals surface area contributed by atoms with Crippen LogP contribution in [0, 0.1) is 10.7 Å². The van der Waals surface area contributed by atoms with Gasteiger partial charge in [-0.1, -0.05) is 13.8 Å². The largest absolute Gasteiger partial charge is 0.300 e. The Hall–Kier alpha value is -1.43. The maximum atomic E-state index is 5.22. The molecule has 0 saturated carbocycles. The quantitative estimate of drug-likeness (QED) is 0.831. The maximum absolute atomic E-state index is 5.22. The highest BCUT2D eigenvalue weighted by Gasteiger charge is 2.11. The van der Waals surface area contributed by atoms with E-state index in [0.29, 0.717) is 10.7 Å². The molecule has 0 spiro atoms. The standard InChI is InChI=1S/C10H15N5S/c1-7(2)5-15-9(12-13-10(15)16)8-4-11-14(3)6-8/h4,6-7H,5H2,1-3H3,(H,13,16). The fourth-order valence-corrected chi connectivity index (χ4v) is 1.82. The zero-order valence-corrected chi connectivity index (χ0v) is 10.5. The number of hydrogen-bond donors (Lipinski definition) is 1. The topological polar surface area (TPSA) is 51.4 Å². The predicted octanol–water partition coefficient (Wildman–Crippen LogP) is 2.00. The smallest absolute Gasteiger partial charge is 0.195 e. The van der Waals surface area contributed by atoms with Crippen LogP contribution in [0.2, 0.25) is 0 Å². The Balaban J connectivity index is 2.45. The monoisotopic (exact) mass is 237 g/mol. The van der Waals surface area contributed by atoms with Crippen LogP contribution in [0.5, 0.6) is 0 Å². The van der Waals surface area contributed by atoms with E-state index in [-0.39, 0.29) is 0 Å². The van der Waals surface area contributed by atoms with Gasteiger partial charge in [0.05, 0.1) is 11.8 Å². The molecule has 1 N–H and O–H groups in total. The summed E-state index contributed by atoms with van der Waals surface area (Å²) in [7, 11) is 1.89. The van der Waals surface area contributed by atoms with Crippen LogP contribution in [0.4, 0.5) is 0 Å². The fraction of sp³-hybridized carbons (Fsp3) is 0.500. The first-order valence-electron chi connectivity index (χ1n) is 5.22. The van der Waals surface area contributed by atoms with Crippen molar-refractivity contribution < 1.29 is 0 Å². The fourth-order valence-electron chi connectivity index (χ4n) is 1.61. The highest BCUT2D eigenvalue weighted by molar-refractivity contribution is 7.71. The number of hydrogen-bond acceptors (Lipinski definition) is 3. The molecule has 0 aliphatic heterocycles. The normalized spacial score (nSPS) is 11.2. The summed E-state index contributed by atoms with van der Waals surface area (Å²) >= 11 is 5.22. The molecule has 0 atom stereocenters. The SMILES string of the molecule is CC(C)Cn1c(-c2cnn(C)c2)n[nH]c1=S. The minimum absolute atomic E-state index is 0.528. The van der Waals surface area contributed by atoms with E-state index in [2.05, 4.69) is 29.1 Å². The summed E-state index contributed by atoms with van der Waals surface area (Å²) in [6.45, 7) is 5.17. The minimum atomic E-state index is 0.528. The second kappa shape index (κ2) is 4.21. The Morgan fingerprint density at radius 3 is 2.81 bits per heavy atom. The Bertz CT molecular complexity index is 533. The number of aromatic nitrogens is 5. The van der Waals surface area contributed by atoms with E-state index < -0.39 is 0 Å². The summed E-state index contributed by atoms with van der Waals surface area (Å²) in [6, 6.07) is 0. The van der Waals surface area contributed by atoms with Crippen molar-refractivity contribution in [1.29, 1.82) is 0 Å². The molecule has 0 amide bonds. The average molecular weight is 237 g/mol. The first-order valence-corrected chi connectivity index (χ1v) is 5.63. The van der Waals surface area contributed by atoms with Gasteiger partial charge in [-0.3, -0.25) is 14.3 Å². The third kappa shape index (κ3) is 2.06. The van der Waals surface area contributed by atoms with E-state index in [0.717, 1.165) is 17.9 Å². The van der Waals surface area contributed by atoms with Crippen molar-refractivity contribution in [2.24, 2.45) is 13.0 Å². The van der Waals surface area contributed by atoms with Gasteiger partial charge in [-0.2, -0.15) is 10.2 Å². The van der Waals surface area contributed by atoms with Crippen LogP contribution in [0.1, 0.15) is 13.8 Å². The van der Waals surface area contributed by atoms with Crippen molar-refractivity contribution in [2.75, 3.05) is 0 Å². The lowest BCUT2D eigenvalue weighted by molar-refractivity contribution is 0.521. The van der Waals surface area contributed by atoms with Crippen LogP contribution >= 0.6 is 12.2 Å². The predicted molar refractivity (Wildman–Crippen MR) is 64.5 cm³/mol. The van der Waals surface area contributed by atoms with Gasteiger partial charge in [0.2, 0.25) is 0 Å². The highest BCUT2D eigenvalue weighted by atomic mass is 32.1. The number of nitrogens with zero attached hydrogens (tertiary/aromatic N) is 4. The van der Waals surface area contributed by atoms with Gasteiger partial charge < -0.3 is 0 Å². The van der Waals surface area contributed by atoms with Crippen LogP contribution in [0.15, 0.2) is 12.4 Å². The van der Waals surface area contributed by atoms with Crippen molar-refractivity contribution in [2.45, 2.75) is 20.4 Å². The third-order valence-corrected chi connectivity index (χ3v) is 2.58. The molecule has 2 aromatic heterocycles. The summed E-state index contributed by atoms with van der Waals surface area (Å²) in [4.78, 5) is 0. The third-order valence-electron chi connectivity index (χ3n) is 2.27. The van der Waals surface area contributed by atoms with E-state index in [4.69, 9.17) is 12.2 Å². The van der Waals surface area contributed by atoms with Crippen molar-refractivity contribution in [3.63, 3.8) is 0 Å². The zero-order valence-electron chi connectivity index (χ0n) is 9.64. The molecule has 2 heterocycles. The van der Waals surface area contributed by atoms with E-state index in [1.54, 1.807) is 10.9 Å². The van der Waals surface area contributed by atoms with Gasteiger partial charge in [0.25, 0.3) is 0 Å². The van der Waals surface area contributed by atoms with E-state index >= 15 is 0 Å². The van der Waals surface area contributed by atoms with Gasteiger partial charge in [0, 0.05) is 19.8 Å². The Morgan fingerprint density at radius 1 is 1.50 bits per heavy atom. The van der Waals surface area contributed by atoms with Crippen molar-refractivity contribution in [1.82, 2.24) is 24.5 Å². The molecule has 16 heavy (non-hydrogen) atoms. The number of nitrogens with one attached hydrogen (secondary N) is 1. The summed E-state index contributed by atoms with van der Waals surface area (Å²) in [5.74, 6) is 1.38. The Labute approximate surface area is 99.1 Å². The summed E-state index contributed by atoms with van der Waals surface area (Å²) < 4.78 is 4.43. The molecule has 0 bridgehead atoms. The zero-order chi connectivity index (χ0) is 11.7. The van der Waals surface area contributed by atoms with Crippen molar-refractivity contribution in [3.8, 4) is 11.4 Å². The van der Waals surface area contributed by atoms with Crippen LogP contribution in [0.25, 0.3) is 11.4 Å². The first-order chi connectivity index (χ1) is 7.58. The molecule has 2 rings (SSSR count). The van der Waals surface area contributed by atoms with Gasteiger partial charge in [-0.25, -0.2) is 0 Å². The van der Waals surface area contributed by atoms with Crippen molar-refractivity contribution >= 4 is 12.2 Å². The number of aryl methyl sites for hydroxylation is 1. The van der Waals surface area contributed by atoms with Crippen LogP contribution < -0.4 is 0 Å². The molecule has 5 nitrogen and oxygen atoms in total. The van der Waals surface area contributed by atoms with Crippen molar-refractivity contribution in [3.05, 3.63) is 17.2 Å². The summed E-state index contributed by atoms with van der Waals surface area (Å²) in [6.07, 6.45) is 3.73. The van der Waals surface area contributed by atoms with Gasteiger partial charge in [-0.05, 0) is 18.1 Å². The van der Waals surface area contributed by atoms with Gasteiger partial charge in [-0.15, -0.1) is 0 Å². The van der Waals surface area contributed by atoms with Crippen LogP contribution in [0.3, 0.4) is 0 Å². The van der Waals surface area contributed by atoms with Gasteiger partial charge in [0.15, 0.2) is 10.6 Å². The Morgan fingerprint density at radius 2 is 2.25 bits per heavy atom. The molecule has 0 saturated heterocycles. The first kappa shape index (κ1) is 11.1. The molecular weight excluding hydrogens is 222 g/mol. The molecule has 0 fully saturated rings. The average Bonchev–Trinajstić information content (AvgIpc) is 2.75. The molecule has 0 aromatic carbocycles. The van der Waals surface area contributed by atoms with E-state index in [1.165, 1.54) is 0 Å². The molecule has 0 unspecified atom stereocenters. The molecule has 0 radical (unpaired) electrons. The molecule has 2 aromatic rings. The van der Waals surface area contributed by atoms with Crippen LogP contribution in [-0.4, -0.2) is 24.5 Å². The second-order valence-electron chi connectivity index (χ2n) is 4.26. The minimum Gasteiger partial charge on any atom is -0.300 e. The highest BCUT2D eigenvalue weighted by Crippen LogP contribution is 2.17. The van der Waals surface area contributed by atoms with Gasteiger partial charge in [0.1, 0.15) is 0 Å². The molecule has 0 aliphatic rings. The summed E-state index contributed by atoms with van der Waals surface area (Å²) in [5.41, 5.74) is 0.982. The van der Waals surface area contributed by atoms with Gasteiger partial charge >= 0.3 is 0 Å². The number of H-pyrrole nitrogens is 1.